The monoisotopic (exact) mass is 313 g/mol. The van der Waals surface area contributed by atoms with Crippen LogP contribution in [0.2, 0.25) is 0 Å². The third kappa shape index (κ3) is 3.75. The molecule has 1 aromatic heterocycles. The Morgan fingerprint density at radius 1 is 1.30 bits per heavy atom. The molecule has 0 aliphatic carbocycles. The lowest BCUT2D eigenvalue weighted by atomic mass is 10.2. The predicted molar refractivity (Wildman–Crippen MR) is 87.5 cm³/mol. The molecule has 3 N–H and O–H groups in total. The number of anilines is 3. The first-order valence-corrected chi connectivity index (χ1v) is 7.45. The first kappa shape index (κ1) is 15.2. The summed E-state index contributed by atoms with van der Waals surface area (Å²) in [6.45, 7) is 2.94. The van der Waals surface area contributed by atoms with E-state index in [2.05, 4.69) is 15.3 Å². The van der Waals surface area contributed by atoms with Crippen LogP contribution in [0.25, 0.3) is 0 Å². The molecule has 0 bridgehead atoms. The Morgan fingerprint density at radius 2 is 2.09 bits per heavy atom. The van der Waals surface area contributed by atoms with Crippen LogP contribution in [0.1, 0.15) is 6.92 Å². The van der Waals surface area contributed by atoms with Crippen LogP contribution >= 0.6 is 0 Å². The topological polar surface area (TPSA) is 93.4 Å². The third-order valence-electron chi connectivity index (χ3n) is 3.60. The number of carbonyl (C=O) groups excluding carboxylic acids is 1. The van der Waals surface area contributed by atoms with E-state index < -0.39 is 12.0 Å². The van der Waals surface area contributed by atoms with Gasteiger partial charge in [0.2, 0.25) is 5.91 Å². The molecule has 0 radical (unpaired) electrons. The summed E-state index contributed by atoms with van der Waals surface area (Å²) >= 11 is 0. The van der Waals surface area contributed by atoms with Gasteiger partial charge in [0.05, 0.1) is 12.6 Å². The van der Waals surface area contributed by atoms with Crippen molar-refractivity contribution in [3.8, 4) is 0 Å². The predicted octanol–water partition coefficient (Wildman–Crippen LogP) is 1.30. The smallest absolute Gasteiger partial charge is 0.248 e. The summed E-state index contributed by atoms with van der Waals surface area (Å²) in [6, 6.07) is 11.6. The standard InChI is InChI=1S/C16H19N5O2/c1-11-8-21(9-13(23-11)16(17)22)15-7-14(18-10-19-15)20-12-5-3-2-4-6-12/h2-7,10-11,13H,8-9H2,1H3,(H2,17,22)(H,18,19,20). The van der Waals surface area contributed by atoms with Crippen molar-refractivity contribution >= 4 is 23.2 Å². The van der Waals surface area contributed by atoms with Crippen LogP contribution in [0.4, 0.5) is 17.3 Å². The van der Waals surface area contributed by atoms with E-state index >= 15 is 0 Å². The van der Waals surface area contributed by atoms with Gasteiger partial charge in [0.1, 0.15) is 18.0 Å². The molecule has 2 atom stereocenters. The molecule has 2 aromatic rings. The van der Waals surface area contributed by atoms with Gasteiger partial charge in [-0.2, -0.15) is 0 Å². The lowest BCUT2D eigenvalue weighted by Gasteiger charge is -2.36. The number of nitrogens with zero attached hydrogens (tertiary/aromatic N) is 3. The van der Waals surface area contributed by atoms with Crippen molar-refractivity contribution in [3.05, 3.63) is 42.7 Å². The van der Waals surface area contributed by atoms with Crippen molar-refractivity contribution in [2.24, 2.45) is 5.73 Å². The first-order chi connectivity index (χ1) is 11.1. The molecule has 2 unspecified atom stereocenters. The molecule has 7 heteroatoms. The number of morpholine rings is 1. The van der Waals surface area contributed by atoms with Gasteiger partial charge in [0.15, 0.2) is 6.10 Å². The molecule has 1 aromatic carbocycles. The Hall–Kier alpha value is -2.67. The van der Waals surface area contributed by atoms with Gasteiger partial charge < -0.3 is 20.7 Å². The van der Waals surface area contributed by atoms with Crippen LogP contribution in [-0.2, 0) is 9.53 Å². The first-order valence-electron chi connectivity index (χ1n) is 7.45. The van der Waals surface area contributed by atoms with E-state index in [-0.39, 0.29) is 6.10 Å². The molecule has 0 saturated carbocycles. The average molecular weight is 313 g/mol. The van der Waals surface area contributed by atoms with E-state index in [0.29, 0.717) is 18.9 Å². The van der Waals surface area contributed by atoms with Crippen molar-refractivity contribution in [2.75, 3.05) is 23.3 Å². The highest BCUT2D eigenvalue weighted by atomic mass is 16.5. The SMILES string of the molecule is CC1CN(c2cc(Nc3ccccc3)ncn2)CC(C(N)=O)O1. The minimum Gasteiger partial charge on any atom is -0.367 e. The second-order valence-electron chi connectivity index (χ2n) is 5.50. The molecular formula is C16H19N5O2. The molecule has 23 heavy (non-hydrogen) atoms. The molecule has 3 rings (SSSR count). The highest BCUT2D eigenvalue weighted by molar-refractivity contribution is 5.80. The number of rotatable bonds is 4. The highest BCUT2D eigenvalue weighted by Crippen LogP contribution is 2.21. The maximum Gasteiger partial charge on any atom is 0.248 e. The summed E-state index contributed by atoms with van der Waals surface area (Å²) < 4.78 is 5.55. The zero-order valence-electron chi connectivity index (χ0n) is 12.8. The third-order valence-corrected chi connectivity index (χ3v) is 3.60. The number of nitrogens with one attached hydrogen (secondary N) is 1. The van der Waals surface area contributed by atoms with Gasteiger partial charge in [-0.05, 0) is 19.1 Å². The fourth-order valence-electron chi connectivity index (χ4n) is 2.55. The second kappa shape index (κ2) is 6.62. The lowest BCUT2D eigenvalue weighted by molar-refractivity contribution is -0.133. The molecule has 0 spiro atoms. The number of benzene rings is 1. The number of amides is 1. The van der Waals surface area contributed by atoms with Crippen molar-refractivity contribution in [1.29, 1.82) is 0 Å². The van der Waals surface area contributed by atoms with E-state index in [1.807, 2.05) is 48.2 Å². The quantitative estimate of drug-likeness (QED) is 0.883. The van der Waals surface area contributed by atoms with Crippen LogP contribution in [0.15, 0.2) is 42.7 Å². The molecule has 1 amide bonds. The minimum absolute atomic E-state index is 0.0956. The molecule has 7 nitrogen and oxygen atoms in total. The minimum atomic E-state index is -0.626. The van der Waals surface area contributed by atoms with E-state index in [1.54, 1.807) is 0 Å². The Labute approximate surface area is 134 Å². The van der Waals surface area contributed by atoms with Crippen LogP contribution in [-0.4, -0.2) is 41.2 Å². The number of ether oxygens (including phenoxy) is 1. The number of aromatic nitrogens is 2. The van der Waals surface area contributed by atoms with E-state index in [4.69, 9.17) is 10.5 Å². The van der Waals surface area contributed by atoms with Gasteiger partial charge in [0.25, 0.3) is 0 Å². The van der Waals surface area contributed by atoms with Gasteiger partial charge in [-0.15, -0.1) is 0 Å². The molecule has 1 aliphatic rings. The van der Waals surface area contributed by atoms with Gasteiger partial charge in [-0.3, -0.25) is 4.79 Å². The van der Waals surface area contributed by atoms with Crippen LogP contribution < -0.4 is 16.0 Å². The fourth-order valence-corrected chi connectivity index (χ4v) is 2.55. The Morgan fingerprint density at radius 3 is 2.83 bits per heavy atom. The average Bonchev–Trinajstić information content (AvgIpc) is 2.55. The lowest BCUT2D eigenvalue weighted by Crippen LogP contribution is -2.52. The number of para-hydroxylation sites is 1. The van der Waals surface area contributed by atoms with Gasteiger partial charge in [-0.25, -0.2) is 9.97 Å². The number of hydrogen-bond acceptors (Lipinski definition) is 6. The van der Waals surface area contributed by atoms with Crippen molar-refractivity contribution < 1.29 is 9.53 Å². The summed E-state index contributed by atoms with van der Waals surface area (Å²) in [5.41, 5.74) is 6.31. The maximum atomic E-state index is 11.4. The second-order valence-corrected chi connectivity index (χ2v) is 5.50. The largest absolute Gasteiger partial charge is 0.367 e. The number of nitrogens with two attached hydrogens (primary N) is 1. The zero-order valence-corrected chi connectivity index (χ0v) is 12.8. The normalized spacial score (nSPS) is 21.0. The van der Waals surface area contributed by atoms with Crippen LogP contribution in [0.3, 0.4) is 0 Å². The Balaban J connectivity index is 1.77. The number of carbonyl (C=O) groups is 1. The highest BCUT2D eigenvalue weighted by Gasteiger charge is 2.29. The summed E-state index contributed by atoms with van der Waals surface area (Å²) in [7, 11) is 0. The van der Waals surface area contributed by atoms with Gasteiger partial charge in [0, 0.05) is 18.3 Å². The van der Waals surface area contributed by atoms with Gasteiger partial charge >= 0.3 is 0 Å². The van der Waals surface area contributed by atoms with E-state index in [0.717, 1.165) is 11.5 Å². The molecule has 2 heterocycles. The van der Waals surface area contributed by atoms with Crippen molar-refractivity contribution in [2.45, 2.75) is 19.1 Å². The molecule has 1 aliphatic heterocycles. The zero-order chi connectivity index (χ0) is 16.2. The van der Waals surface area contributed by atoms with E-state index in [9.17, 15) is 4.79 Å². The maximum absolute atomic E-state index is 11.4. The molecule has 1 fully saturated rings. The Kier molecular flexibility index (Phi) is 4.38. The molecular weight excluding hydrogens is 294 g/mol. The Bertz CT molecular complexity index is 679. The van der Waals surface area contributed by atoms with Gasteiger partial charge in [-0.1, -0.05) is 18.2 Å². The summed E-state index contributed by atoms with van der Waals surface area (Å²) in [5.74, 6) is 0.967. The summed E-state index contributed by atoms with van der Waals surface area (Å²) in [4.78, 5) is 21.9. The van der Waals surface area contributed by atoms with Crippen molar-refractivity contribution in [3.63, 3.8) is 0 Å². The number of hydrogen-bond donors (Lipinski definition) is 2. The van der Waals surface area contributed by atoms with Crippen molar-refractivity contribution in [1.82, 2.24) is 9.97 Å². The molecule has 120 valence electrons. The summed E-state index contributed by atoms with van der Waals surface area (Å²) in [6.07, 6.45) is 0.779. The number of primary amides is 1. The fraction of sp³-hybridized carbons (Fsp3) is 0.312. The van der Waals surface area contributed by atoms with Crippen LogP contribution in [0.5, 0.6) is 0 Å². The molecule has 1 saturated heterocycles. The summed E-state index contributed by atoms with van der Waals surface area (Å²) in [5, 5.41) is 3.23. The van der Waals surface area contributed by atoms with E-state index in [1.165, 1.54) is 6.33 Å². The van der Waals surface area contributed by atoms with Crippen LogP contribution in [0, 0.1) is 0 Å².